The van der Waals surface area contributed by atoms with Gasteiger partial charge in [0.25, 0.3) is 0 Å². The second kappa shape index (κ2) is 7.17. The van der Waals surface area contributed by atoms with Crippen molar-refractivity contribution in [2.24, 2.45) is 5.73 Å². The minimum Gasteiger partial charge on any atom is -0.494 e. The average molecular weight is 237 g/mol. The van der Waals surface area contributed by atoms with Crippen molar-refractivity contribution in [2.45, 2.75) is 39.7 Å². The van der Waals surface area contributed by atoms with Crippen LogP contribution >= 0.6 is 0 Å². The molecule has 0 heterocycles. The molecule has 0 aliphatic carbocycles. The molecule has 0 aromatic heterocycles. The van der Waals surface area contributed by atoms with Crippen molar-refractivity contribution >= 4 is 0 Å². The van der Waals surface area contributed by atoms with E-state index in [-0.39, 0.29) is 6.04 Å². The average Bonchev–Trinajstić information content (AvgIpc) is 2.30. The first kappa shape index (κ1) is 13.8. The summed E-state index contributed by atoms with van der Waals surface area (Å²) in [5, 5.41) is 0. The molecular weight excluding hydrogens is 214 g/mol. The van der Waals surface area contributed by atoms with Crippen LogP contribution in [0.25, 0.3) is 0 Å². The monoisotopic (exact) mass is 237 g/mol. The molecule has 1 rings (SSSR count). The van der Waals surface area contributed by atoms with E-state index in [0.717, 1.165) is 29.9 Å². The van der Waals surface area contributed by atoms with E-state index in [0.29, 0.717) is 13.2 Å². The second-order valence-electron chi connectivity index (χ2n) is 3.96. The minimum atomic E-state index is 0.0391. The summed E-state index contributed by atoms with van der Waals surface area (Å²) in [6.45, 7) is 7.38. The van der Waals surface area contributed by atoms with Gasteiger partial charge in [0.05, 0.1) is 13.2 Å². The zero-order valence-electron chi connectivity index (χ0n) is 11.0. The first-order valence-corrected chi connectivity index (χ1v) is 6.38. The van der Waals surface area contributed by atoms with Crippen LogP contribution in [0.5, 0.6) is 11.5 Å². The summed E-state index contributed by atoms with van der Waals surface area (Å²) < 4.78 is 11.1. The highest BCUT2D eigenvalue weighted by molar-refractivity contribution is 5.42. The normalized spacial score (nSPS) is 12.2. The number of nitrogens with two attached hydrogens (primary N) is 1. The first-order chi connectivity index (χ1) is 8.22. The second-order valence-corrected chi connectivity index (χ2v) is 3.96. The molecule has 0 radical (unpaired) electrons. The molecule has 0 amide bonds. The van der Waals surface area contributed by atoms with Crippen LogP contribution < -0.4 is 15.2 Å². The van der Waals surface area contributed by atoms with E-state index in [1.807, 2.05) is 32.0 Å². The molecular formula is C14H23NO2. The Balaban J connectivity index is 2.94. The number of ether oxygens (including phenoxy) is 2. The van der Waals surface area contributed by atoms with E-state index in [9.17, 15) is 0 Å². The zero-order chi connectivity index (χ0) is 12.7. The van der Waals surface area contributed by atoms with Gasteiger partial charge < -0.3 is 15.2 Å². The predicted octanol–water partition coefficient (Wildman–Crippen LogP) is 3.28. The molecule has 0 aliphatic rings. The molecule has 96 valence electrons. The number of hydrogen-bond donors (Lipinski definition) is 1. The topological polar surface area (TPSA) is 44.5 Å². The van der Waals surface area contributed by atoms with Gasteiger partial charge in [-0.3, -0.25) is 0 Å². The van der Waals surface area contributed by atoms with Crippen LogP contribution in [0.3, 0.4) is 0 Å². The Kier molecular flexibility index (Phi) is 5.84. The van der Waals surface area contributed by atoms with Crippen LogP contribution in [0.2, 0.25) is 0 Å². The summed E-state index contributed by atoms with van der Waals surface area (Å²) >= 11 is 0. The van der Waals surface area contributed by atoms with Gasteiger partial charge >= 0.3 is 0 Å². The number of hydrogen-bond acceptors (Lipinski definition) is 3. The predicted molar refractivity (Wildman–Crippen MR) is 70.6 cm³/mol. The maximum Gasteiger partial charge on any atom is 0.127 e. The lowest BCUT2D eigenvalue weighted by Gasteiger charge is -2.17. The fourth-order valence-corrected chi connectivity index (χ4v) is 1.82. The van der Waals surface area contributed by atoms with Crippen LogP contribution in [0.1, 0.15) is 45.2 Å². The van der Waals surface area contributed by atoms with Crippen molar-refractivity contribution in [1.29, 1.82) is 0 Å². The lowest BCUT2D eigenvalue weighted by molar-refractivity contribution is 0.318. The summed E-state index contributed by atoms with van der Waals surface area (Å²) in [6.07, 6.45) is 2.04. The molecule has 17 heavy (non-hydrogen) atoms. The zero-order valence-corrected chi connectivity index (χ0v) is 11.0. The van der Waals surface area contributed by atoms with Crippen molar-refractivity contribution in [2.75, 3.05) is 13.2 Å². The molecule has 0 spiro atoms. The van der Waals surface area contributed by atoms with E-state index < -0.39 is 0 Å². The SMILES string of the molecule is CCCC(N)c1ccc(OCC)cc1OCC. The first-order valence-electron chi connectivity index (χ1n) is 6.38. The van der Waals surface area contributed by atoms with Crippen molar-refractivity contribution < 1.29 is 9.47 Å². The Labute approximate surface area is 104 Å². The lowest BCUT2D eigenvalue weighted by atomic mass is 10.0. The highest BCUT2D eigenvalue weighted by Crippen LogP contribution is 2.30. The quantitative estimate of drug-likeness (QED) is 0.791. The molecule has 3 heteroatoms. The fourth-order valence-electron chi connectivity index (χ4n) is 1.82. The maximum absolute atomic E-state index is 6.14. The van der Waals surface area contributed by atoms with Gasteiger partial charge in [-0.25, -0.2) is 0 Å². The third-order valence-electron chi connectivity index (χ3n) is 2.60. The maximum atomic E-state index is 6.14. The number of rotatable bonds is 7. The smallest absolute Gasteiger partial charge is 0.127 e. The van der Waals surface area contributed by atoms with Crippen LogP contribution in [0, 0.1) is 0 Å². The van der Waals surface area contributed by atoms with Crippen molar-refractivity contribution in [1.82, 2.24) is 0 Å². The van der Waals surface area contributed by atoms with Crippen molar-refractivity contribution in [3.8, 4) is 11.5 Å². The molecule has 1 aromatic rings. The third-order valence-corrected chi connectivity index (χ3v) is 2.60. The third kappa shape index (κ3) is 3.93. The minimum absolute atomic E-state index is 0.0391. The summed E-state index contributed by atoms with van der Waals surface area (Å²) in [5.74, 6) is 1.68. The molecule has 0 fully saturated rings. The lowest BCUT2D eigenvalue weighted by Crippen LogP contribution is -2.12. The van der Waals surface area contributed by atoms with Crippen molar-refractivity contribution in [3.63, 3.8) is 0 Å². The van der Waals surface area contributed by atoms with Gasteiger partial charge in [-0.2, -0.15) is 0 Å². The molecule has 3 nitrogen and oxygen atoms in total. The highest BCUT2D eigenvalue weighted by atomic mass is 16.5. The van der Waals surface area contributed by atoms with E-state index in [1.54, 1.807) is 0 Å². The Hall–Kier alpha value is -1.22. The van der Waals surface area contributed by atoms with E-state index in [1.165, 1.54) is 0 Å². The van der Waals surface area contributed by atoms with Gasteiger partial charge in [-0.15, -0.1) is 0 Å². The molecule has 0 saturated heterocycles. The van der Waals surface area contributed by atoms with Gasteiger partial charge in [0.2, 0.25) is 0 Å². The largest absolute Gasteiger partial charge is 0.494 e. The van der Waals surface area contributed by atoms with E-state index >= 15 is 0 Å². The Morgan fingerprint density at radius 3 is 2.41 bits per heavy atom. The molecule has 0 saturated carbocycles. The van der Waals surface area contributed by atoms with E-state index in [4.69, 9.17) is 15.2 Å². The van der Waals surface area contributed by atoms with Gasteiger partial charge in [-0.05, 0) is 26.3 Å². The summed E-state index contributed by atoms with van der Waals surface area (Å²) in [6, 6.07) is 5.93. The van der Waals surface area contributed by atoms with Gasteiger partial charge in [0, 0.05) is 17.7 Å². The Morgan fingerprint density at radius 2 is 1.82 bits per heavy atom. The molecule has 1 unspecified atom stereocenters. The standard InChI is InChI=1S/C14H23NO2/c1-4-7-13(15)12-9-8-11(16-5-2)10-14(12)17-6-3/h8-10,13H,4-7,15H2,1-3H3. The van der Waals surface area contributed by atoms with E-state index in [2.05, 4.69) is 6.92 Å². The summed E-state index contributed by atoms with van der Waals surface area (Å²) in [7, 11) is 0. The molecule has 1 atom stereocenters. The van der Waals surface area contributed by atoms with Gasteiger partial charge in [-0.1, -0.05) is 19.4 Å². The molecule has 0 bridgehead atoms. The van der Waals surface area contributed by atoms with Gasteiger partial charge in [0.15, 0.2) is 0 Å². The Bertz CT molecular complexity index is 339. The number of benzene rings is 1. The van der Waals surface area contributed by atoms with Crippen LogP contribution in [-0.4, -0.2) is 13.2 Å². The summed E-state index contributed by atoms with van der Waals surface area (Å²) in [5.41, 5.74) is 7.21. The summed E-state index contributed by atoms with van der Waals surface area (Å²) in [4.78, 5) is 0. The highest BCUT2D eigenvalue weighted by Gasteiger charge is 2.12. The van der Waals surface area contributed by atoms with Crippen LogP contribution in [0.4, 0.5) is 0 Å². The van der Waals surface area contributed by atoms with Crippen LogP contribution in [-0.2, 0) is 0 Å². The Morgan fingerprint density at radius 1 is 1.12 bits per heavy atom. The molecule has 0 aliphatic heterocycles. The van der Waals surface area contributed by atoms with Gasteiger partial charge in [0.1, 0.15) is 11.5 Å². The molecule has 1 aromatic carbocycles. The van der Waals surface area contributed by atoms with Crippen molar-refractivity contribution in [3.05, 3.63) is 23.8 Å². The molecule has 2 N–H and O–H groups in total. The van der Waals surface area contributed by atoms with Crippen LogP contribution in [0.15, 0.2) is 18.2 Å². The fraction of sp³-hybridized carbons (Fsp3) is 0.571.